The van der Waals surface area contributed by atoms with Crippen LogP contribution in [0, 0.1) is 6.92 Å². The van der Waals surface area contributed by atoms with E-state index in [2.05, 4.69) is 14.9 Å². The Hall–Kier alpha value is -2.08. The number of rotatable bonds is 7. The molecular weight excluding hydrogens is 258 g/mol. The van der Waals surface area contributed by atoms with Gasteiger partial charge in [-0.1, -0.05) is 16.4 Å². The van der Waals surface area contributed by atoms with Crippen LogP contribution in [0.4, 0.5) is 0 Å². The van der Waals surface area contributed by atoms with Gasteiger partial charge in [-0.25, -0.2) is 4.63 Å². The molecule has 0 bridgehead atoms. The number of ether oxygens (including phenoxy) is 2. The van der Waals surface area contributed by atoms with Crippen molar-refractivity contribution in [2.24, 2.45) is 5.73 Å². The number of hydrogen-bond acceptors (Lipinski definition) is 6. The summed E-state index contributed by atoms with van der Waals surface area (Å²) in [5, 5.41) is 7.50. The van der Waals surface area contributed by atoms with Crippen LogP contribution in [0.2, 0.25) is 0 Å². The normalized spacial score (nSPS) is 10.6. The number of nitrogens with zero attached hydrogens (tertiary/aromatic N) is 2. The number of aryl methyl sites for hydroxylation is 1. The van der Waals surface area contributed by atoms with Crippen molar-refractivity contribution in [3.63, 3.8) is 0 Å². The minimum Gasteiger partial charge on any atom is -0.490 e. The molecule has 0 aliphatic heterocycles. The van der Waals surface area contributed by atoms with Gasteiger partial charge in [0.05, 0.1) is 6.61 Å². The highest BCUT2D eigenvalue weighted by Gasteiger charge is 2.10. The Kier molecular flexibility index (Phi) is 4.95. The lowest BCUT2D eigenvalue weighted by Crippen LogP contribution is -2.05. The molecule has 0 spiro atoms. The third kappa shape index (κ3) is 3.48. The molecule has 2 aromatic rings. The smallest absolute Gasteiger partial charge is 0.161 e. The van der Waals surface area contributed by atoms with E-state index in [-0.39, 0.29) is 0 Å². The Labute approximate surface area is 117 Å². The maximum atomic E-state index is 5.73. The average molecular weight is 277 g/mol. The van der Waals surface area contributed by atoms with Crippen molar-refractivity contribution in [3.05, 3.63) is 35.2 Å². The van der Waals surface area contributed by atoms with Gasteiger partial charge in [0, 0.05) is 0 Å². The summed E-state index contributed by atoms with van der Waals surface area (Å²) in [7, 11) is 0. The van der Waals surface area contributed by atoms with Gasteiger partial charge in [-0.3, -0.25) is 0 Å². The molecule has 0 amide bonds. The molecule has 0 fully saturated rings. The second-order valence-electron chi connectivity index (χ2n) is 4.34. The lowest BCUT2D eigenvalue weighted by molar-refractivity contribution is 0.253. The third-order valence-electron chi connectivity index (χ3n) is 2.85. The van der Waals surface area contributed by atoms with Crippen molar-refractivity contribution in [2.75, 3.05) is 13.2 Å². The quantitative estimate of drug-likeness (QED) is 0.831. The molecule has 108 valence electrons. The van der Waals surface area contributed by atoms with Crippen LogP contribution in [0.5, 0.6) is 11.5 Å². The van der Waals surface area contributed by atoms with Crippen LogP contribution in [0.1, 0.15) is 23.9 Å². The standard InChI is InChI=1S/C14H19N3O3/c1-3-18-14-8-11(6-7-15)4-5-13(14)19-9-12-10(2)16-20-17-12/h4-5,8H,3,6-7,9,15H2,1-2H3. The summed E-state index contributed by atoms with van der Waals surface area (Å²) in [4.78, 5) is 0. The Balaban J connectivity index is 2.11. The van der Waals surface area contributed by atoms with E-state index < -0.39 is 0 Å². The molecule has 1 aromatic carbocycles. The highest BCUT2D eigenvalue weighted by atomic mass is 16.6. The first-order chi connectivity index (χ1) is 9.74. The van der Waals surface area contributed by atoms with Crippen molar-refractivity contribution >= 4 is 0 Å². The van der Waals surface area contributed by atoms with Gasteiger partial charge >= 0.3 is 0 Å². The van der Waals surface area contributed by atoms with Gasteiger partial charge in [0.15, 0.2) is 11.5 Å². The van der Waals surface area contributed by atoms with Crippen molar-refractivity contribution in [1.29, 1.82) is 0 Å². The van der Waals surface area contributed by atoms with Gasteiger partial charge in [0.1, 0.15) is 18.0 Å². The molecule has 1 heterocycles. The SMILES string of the molecule is CCOc1cc(CCN)ccc1OCc1nonc1C. The number of aromatic nitrogens is 2. The summed E-state index contributed by atoms with van der Waals surface area (Å²) in [5.74, 6) is 1.39. The van der Waals surface area contributed by atoms with E-state index in [0.29, 0.717) is 37.0 Å². The highest BCUT2D eigenvalue weighted by molar-refractivity contribution is 5.43. The molecule has 6 nitrogen and oxygen atoms in total. The van der Waals surface area contributed by atoms with Crippen molar-refractivity contribution < 1.29 is 14.1 Å². The molecular formula is C14H19N3O3. The second kappa shape index (κ2) is 6.91. The Morgan fingerprint density at radius 2 is 2.05 bits per heavy atom. The Bertz CT molecular complexity index is 554. The van der Waals surface area contributed by atoms with E-state index in [1.165, 1.54) is 0 Å². The molecule has 1 aromatic heterocycles. The zero-order valence-electron chi connectivity index (χ0n) is 11.8. The van der Waals surface area contributed by atoms with Crippen LogP contribution >= 0.6 is 0 Å². The topological polar surface area (TPSA) is 83.4 Å². The predicted octanol–water partition coefficient (Wildman–Crippen LogP) is 1.86. The fraction of sp³-hybridized carbons (Fsp3) is 0.429. The average Bonchev–Trinajstić information content (AvgIpc) is 2.84. The van der Waals surface area contributed by atoms with E-state index in [4.69, 9.17) is 15.2 Å². The van der Waals surface area contributed by atoms with Crippen LogP contribution in [-0.2, 0) is 13.0 Å². The lowest BCUT2D eigenvalue weighted by Gasteiger charge is -2.12. The summed E-state index contributed by atoms with van der Waals surface area (Å²) < 4.78 is 16.0. The molecule has 0 unspecified atom stereocenters. The summed E-state index contributed by atoms with van der Waals surface area (Å²) in [6, 6.07) is 5.83. The molecule has 0 aliphatic carbocycles. The van der Waals surface area contributed by atoms with Crippen LogP contribution < -0.4 is 15.2 Å². The number of benzene rings is 1. The van der Waals surface area contributed by atoms with Gasteiger partial charge in [-0.05, 0) is 44.5 Å². The first-order valence-corrected chi connectivity index (χ1v) is 6.61. The van der Waals surface area contributed by atoms with Crippen molar-refractivity contribution in [3.8, 4) is 11.5 Å². The number of hydrogen-bond donors (Lipinski definition) is 1. The summed E-state index contributed by atoms with van der Waals surface area (Å²) in [5.41, 5.74) is 8.10. The van der Waals surface area contributed by atoms with Crippen LogP contribution in [0.25, 0.3) is 0 Å². The first-order valence-electron chi connectivity index (χ1n) is 6.61. The molecule has 0 aliphatic rings. The van der Waals surface area contributed by atoms with Gasteiger partial charge in [0.2, 0.25) is 0 Å². The second-order valence-corrected chi connectivity index (χ2v) is 4.34. The Morgan fingerprint density at radius 1 is 1.20 bits per heavy atom. The van der Waals surface area contributed by atoms with Gasteiger partial charge in [-0.2, -0.15) is 0 Å². The fourth-order valence-corrected chi connectivity index (χ4v) is 1.79. The van der Waals surface area contributed by atoms with E-state index >= 15 is 0 Å². The maximum Gasteiger partial charge on any atom is 0.161 e. The monoisotopic (exact) mass is 277 g/mol. The molecule has 20 heavy (non-hydrogen) atoms. The number of nitrogens with two attached hydrogens (primary N) is 1. The predicted molar refractivity (Wildman–Crippen MR) is 73.7 cm³/mol. The van der Waals surface area contributed by atoms with Gasteiger partial charge < -0.3 is 15.2 Å². The fourth-order valence-electron chi connectivity index (χ4n) is 1.79. The van der Waals surface area contributed by atoms with Crippen LogP contribution in [0.15, 0.2) is 22.8 Å². The minimum atomic E-state index is 0.297. The van der Waals surface area contributed by atoms with Crippen LogP contribution in [-0.4, -0.2) is 23.5 Å². The van der Waals surface area contributed by atoms with E-state index in [9.17, 15) is 0 Å². The summed E-state index contributed by atoms with van der Waals surface area (Å²) >= 11 is 0. The minimum absolute atomic E-state index is 0.297. The van der Waals surface area contributed by atoms with E-state index in [1.807, 2.05) is 32.0 Å². The molecule has 6 heteroatoms. The van der Waals surface area contributed by atoms with E-state index in [0.717, 1.165) is 17.7 Å². The molecule has 0 saturated carbocycles. The van der Waals surface area contributed by atoms with Gasteiger partial charge in [0.25, 0.3) is 0 Å². The summed E-state index contributed by atoms with van der Waals surface area (Å²) in [6.07, 6.45) is 0.812. The molecule has 0 saturated heterocycles. The molecule has 2 N–H and O–H groups in total. The third-order valence-corrected chi connectivity index (χ3v) is 2.85. The largest absolute Gasteiger partial charge is 0.490 e. The summed E-state index contributed by atoms with van der Waals surface area (Å²) in [6.45, 7) is 5.24. The zero-order chi connectivity index (χ0) is 14.4. The Morgan fingerprint density at radius 3 is 2.70 bits per heavy atom. The molecule has 0 atom stereocenters. The maximum absolute atomic E-state index is 5.73. The van der Waals surface area contributed by atoms with Crippen LogP contribution in [0.3, 0.4) is 0 Å². The lowest BCUT2D eigenvalue weighted by atomic mass is 10.1. The molecule has 0 radical (unpaired) electrons. The zero-order valence-corrected chi connectivity index (χ0v) is 11.8. The molecule has 2 rings (SSSR count). The van der Waals surface area contributed by atoms with Crippen molar-refractivity contribution in [2.45, 2.75) is 26.9 Å². The highest BCUT2D eigenvalue weighted by Crippen LogP contribution is 2.29. The van der Waals surface area contributed by atoms with Gasteiger partial charge in [-0.15, -0.1) is 0 Å². The first kappa shape index (κ1) is 14.3. The van der Waals surface area contributed by atoms with E-state index in [1.54, 1.807) is 0 Å². The van der Waals surface area contributed by atoms with Crippen molar-refractivity contribution in [1.82, 2.24) is 10.3 Å².